The van der Waals surface area contributed by atoms with Crippen LogP contribution in [0.5, 0.6) is 0 Å². The van der Waals surface area contributed by atoms with E-state index in [4.69, 9.17) is 0 Å². The predicted molar refractivity (Wildman–Crippen MR) is 107 cm³/mol. The maximum Gasteiger partial charge on any atom is 0.279 e. The summed E-state index contributed by atoms with van der Waals surface area (Å²) in [5.41, 5.74) is 4.28. The van der Waals surface area contributed by atoms with Gasteiger partial charge in [-0.05, 0) is 62.1 Å². The zero-order valence-corrected chi connectivity index (χ0v) is 15.7. The summed E-state index contributed by atoms with van der Waals surface area (Å²) in [7, 11) is 0. The molecule has 6 nitrogen and oxygen atoms in total. The number of carbonyl (C=O) groups is 2. The Bertz CT molecular complexity index is 1120. The van der Waals surface area contributed by atoms with Crippen LogP contribution in [0.25, 0.3) is 5.69 Å². The van der Waals surface area contributed by atoms with Crippen LogP contribution >= 0.6 is 0 Å². The largest absolute Gasteiger partial charge is 0.323 e. The van der Waals surface area contributed by atoms with Crippen molar-refractivity contribution < 1.29 is 14.0 Å². The number of nitrogens with one attached hydrogen (secondary N) is 1. The monoisotopic (exact) mass is 390 g/mol. The third kappa shape index (κ3) is 2.99. The van der Waals surface area contributed by atoms with E-state index >= 15 is 0 Å². The van der Waals surface area contributed by atoms with Crippen LogP contribution < -0.4 is 10.2 Å². The topological polar surface area (TPSA) is 67.2 Å². The Hall–Kier alpha value is -3.48. The second kappa shape index (κ2) is 6.84. The minimum atomic E-state index is -0.318. The summed E-state index contributed by atoms with van der Waals surface area (Å²) in [4.78, 5) is 27.1. The summed E-state index contributed by atoms with van der Waals surface area (Å²) < 4.78 is 15.1. The Labute approximate surface area is 166 Å². The average molecular weight is 390 g/mol. The summed E-state index contributed by atoms with van der Waals surface area (Å²) in [5.74, 6) is -0.836. The summed E-state index contributed by atoms with van der Waals surface area (Å²) in [6.07, 6.45) is 3.57. The second-order valence-corrected chi connectivity index (χ2v) is 7.33. The number of hydrogen-bond acceptors (Lipinski definition) is 3. The lowest BCUT2D eigenvalue weighted by molar-refractivity contribution is -0.115. The third-order valence-corrected chi connectivity index (χ3v) is 5.47. The van der Waals surface area contributed by atoms with Gasteiger partial charge in [-0.15, -0.1) is 0 Å². The van der Waals surface area contributed by atoms with Crippen molar-refractivity contribution in [2.24, 2.45) is 0 Å². The molecule has 0 unspecified atom stereocenters. The molecule has 5 rings (SSSR count). The number of fused-ring (bicyclic) bond motifs is 2. The first-order valence-electron chi connectivity index (χ1n) is 9.69. The molecule has 146 valence electrons. The van der Waals surface area contributed by atoms with Crippen LogP contribution in [0.2, 0.25) is 0 Å². The Balaban J connectivity index is 1.61. The Kier molecular flexibility index (Phi) is 4.16. The quantitative estimate of drug-likeness (QED) is 0.728. The maximum atomic E-state index is 13.5. The van der Waals surface area contributed by atoms with E-state index in [-0.39, 0.29) is 24.2 Å². The number of carbonyl (C=O) groups excluding carboxylic acids is 2. The molecule has 0 saturated heterocycles. The molecule has 3 aromatic rings. The summed E-state index contributed by atoms with van der Waals surface area (Å²) in [5, 5.41) is 7.44. The SMILES string of the molecule is O=C1CN(C(=O)c2nn(-c3ccc(F)cc3)c3c2CCCC3)c2ccccc2N1. The number of nitrogens with zero attached hydrogens (tertiary/aromatic N) is 3. The first-order valence-corrected chi connectivity index (χ1v) is 9.69. The Morgan fingerprint density at radius 3 is 2.62 bits per heavy atom. The van der Waals surface area contributed by atoms with Gasteiger partial charge in [-0.3, -0.25) is 14.5 Å². The Morgan fingerprint density at radius 2 is 1.79 bits per heavy atom. The summed E-state index contributed by atoms with van der Waals surface area (Å²) in [6, 6.07) is 13.3. The molecular weight excluding hydrogens is 371 g/mol. The van der Waals surface area contributed by atoms with Gasteiger partial charge in [0.25, 0.3) is 5.91 Å². The van der Waals surface area contributed by atoms with E-state index in [9.17, 15) is 14.0 Å². The fourth-order valence-electron chi connectivity index (χ4n) is 4.11. The van der Waals surface area contributed by atoms with Crippen molar-refractivity contribution in [1.82, 2.24) is 9.78 Å². The minimum Gasteiger partial charge on any atom is -0.323 e. The fourth-order valence-corrected chi connectivity index (χ4v) is 4.11. The van der Waals surface area contributed by atoms with Crippen LogP contribution in [0.15, 0.2) is 48.5 Å². The fraction of sp³-hybridized carbons (Fsp3) is 0.227. The summed E-state index contributed by atoms with van der Waals surface area (Å²) >= 11 is 0. The number of halogens is 1. The molecule has 2 aromatic carbocycles. The molecule has 0 saturated carbocycles. The van der Waals surface area contributed by atoms with Gasteiger partial charge < -0.3 is 5.32 Å². The van der Waals surface area contributed by atoms with Crippen LogP contribution in [-0.4, -0.2) is 28.1 Å². The third-order valence-electron chi connectivity index (χ3n) is 5.47. The highest BCUT2D eigenvalue weighted by molar-refractivity contribution is 6.15. The minimum absolute atomic E-state index is 0.0476. The number of anilines is 2. The molecule has 0 radical (unpaired) electrons. The number of benzene rings is 2. The zero-order chi connectivity index (χ0) is 20.0. The normalized spacial score (nSPS) is 15.5. The molecule has 1 N–H and O–H groups in total. The second-order valence-electron chi connectivity index (χ2n) is 7.33. The van der Waals surface area contributed by atoms with Crippen LogP contribution in [0.3, 0.4) is 0 Å². The maximum absolute atomic E-state index is 13.5. The first-order chi connectivity index (χ1) is 14.1. The number of hydrogen-bond donors (Lipinski definition) is 1. The van der Waals surface area contributed by atoms with Gasteiger partial charge in [0.05, 0.1) is 17.1 Å². The molecule has 0 fully saturated rings. The van der Waals surface area contributed by atoms with Gasteiger partial charge in [-0.25, -0.2) is 9.07 Å². The van der Waals surface area contributed by atoms with E-state index in [1.165, 1.54) is 17.0 Å². The van der Waals surface area contributed by atoms with Crippen molar-refractivity contribution in [3.63, 3.8) is 0 Å². The highest BCUT2D eigenvalue weighted by Gasteiger charge is 2.33. The standard InChI is InChI=1S/C22H19FN4O2/c23-14-9-11-15(12-10-14)27-18-7-3-1-5-16(18)21(25-27)22(29)26-13-20(28)24-17-6-2-4-8-19(17)26/h2,4,6,8-12H,1,3,5,7,13H2,(H,24,28). The first kappa shape index (κ1) is 17.6. The molecule has 7 heteroatoms. The number of amides is 2. The van der Waals surface area contributed by atoms with Gasteiger partial charge in [-0.2, -0.15) is 5.10 Å². The lowest BCUT2D eigenvalue weighted by atomic mass is 9.95. The van der Waals surface area contributed by atoms with E-state index in [0.717, 1.165) is 42.6 Å². The molecule has 0 spiro atoms. The van der Waals surface area contributed by atoms with E-state index in [0.29, 0.717) is 17.1 Å². The number of rotatable bonds is 2. The lowest BCUT2D eigenvalue weighted by Gasteiger charge is -2.28. The van der Waals surface area contributed by atoms with E-state index in [1.54, 1.807) is 22.9 Å². The van der Waals surface area contributed by atoms with Crippen molar-refractivity contribution in [3.8, 4) is 5.69 Å². The van der Waals surface area contributed by atoms with Crippen LogP contribution in [0.1, 0.15) is 34.6 Å². The van der Waals surface area contributed by atoms with Gasteiger partial charge in [0.15, 0.2) is 5.69 Å². The van der Waals surface area contributed by atoms with Crippen molar-refractivity contribution in [2.45, 2.75) is 25.7 Å². The van der Waals surface area contributed by atoms with Crippen LogP contribution in [-0.2, 0) is 17.6 Å². The van der Waals surface area contributed by atoms with Crippen molar-refractivity contribution in [3.05, 3.63) is 71.3 Å². The molecule has 2 aliphatic rings. The van der Waals surface area contributed by atoms with Crippen molar-refractivity contribution in [2.75, 3.05) is 16.8 Å². The van der Waals surface area contributed by atoms with Crippen LogP contribution in [0.4, 0.5) is 15.8 Å². The molecule has 0 atom stereocenters. The molecule has 1 aliphatic heterocycles. The average Bonchev–Trinajstić information content (AvgIpc) is 3.13. The molecule has 0 bridgehead atoms. The molecule has 1 aromatic heterocycles. The molecular formula is C22H19FN4O2. The van der Waals surface area contributed by atoms with E-state index in [1.807, 2.05) is 18.2 Å². The molecule has 1 aliphatic carbocycles. The molecule has 29 heavy (non-hydrogen) atoms. The predicted octanol–water partition coefficient (Wildman–Crippen LogP) is 3.49. The Morgan fingerprint density at radius 1 is 1.03 bits per heavy atom. The van der Waals surface area contributed by atoms with Gasteiger partial charge in [0.2, 0.25) is 5.91 Å². The highest BCUT2D eigenvalue weighted by Crippen LogP contribution is 2.33. The lowest BCUT2D eigenvalue weighted by Crippen LogP contribution is -2.42. The van der Waals surface area contributed by atoms with Gasteiger partial charge >= 0.3 is 0 Å². The molecule has 2 heterocycles. The van der Waals surface area contributed by atoms with Gasteiger partial charge in [0, 0.05) is 11.3 Å². The van der Waals surface area contributed by atoms with E-state index in [2.05, 4.69) is 10.4 Å². The van der Waals surface area contributed by atoms with Gasteiger partial charge in [-0.1, -0.05) is 12.1 Å². The van der Waals surface area contributed by atoms with Crippen LogP contribution in [0, 0.1) is 5.82 Å². The smallest absolute Gasteiger partial charge is 0.279 e. The highest BCUT2D eigenvalue weighted by atomic mass is 19.1. The molecule has 2 amide bonds. The zero-order valence-electron chi connectivity index (χ0n) is 15.7. The number of para-hydroxylation sites is 2. The summed E-state index contributed by atoms with van der Waals surface area (Å²) in [6.45, 7) is -0.0476. The van der Waals surface area contributed by atoms with Crippen molar-refractivity contribution in [1.29, 1.82) is 0 Å². The number of aromatic nitrogens is 2. The van der Waals surface area contributed by atoms with Gasteiger partial charge in [0.1, 0.15) is 12.4 Å². The van der Waals surface area contributed by atoms with E-state index < -0.39 is 0 Å². The van der Waals surface area contributed by atoms with Crippen molar-refractivity contribution >= 4 is 23.2 Å².